The summed E-state index contributed by atoms with van der Waals surface area (Å²) in [7, 11) is 3.06. The molecule has 2 rings (SSSR count). The van der Waals surface area contributed by atoms with Crippen molar-refractivity contribution in [3.63, 3.8) is 0 Å². The average Bonchev–Trinajstić information content (AvgIpc) is 2.59. The molecular formula is C18H14ClNO3. The van der Waals surface area contributed by atoms with Crippen LogP contribution in [0.1, 0.15) is 15.9 Å². The van der Waals surface area contributed by atoms with Crippen molar-refractivity contribution in [2.75, 3.05) is 14.2 Å². The number of Topliss-reactive ketones (excluding diaryl/α,β-unsaturated/α-hetero) is 1. The molecule has 0 radical (unpaired) electrons. The van der Waals surface area contributed by atoms with Crippen LogP contribution >= 0.6 is 11.6 Å². The molecule has 0 atom stereocenters. The lowest BCUT2D eigenvalue weighted by molar-refractivity contribution is 0.104. The van der Waals surface area contributed by atoms with Gasteiger partial charge in [0, 0.05) is 22.2 Å². The number of hydrogen-bond acceptors (Lipinski definition) is 4. The van der Waals surface area contributed by atoms with Crippen molar-refractivity contribution in [3.8, 4) is 17.6 Å². The number of benzene rings is 2. The number of carbonyl (C=O) groups excluding carboxylic acids is 1. The Morgan fingerprint density at radius 2 is 1.83 bits per heavy atom. The molecule has 5 heteroatoms. The van der Waals surface area contributed by atoms with Crippen molar-refractivity contribution in [3.05, 3.63) is 64.2 Å². The van der Waals surface area contributed by atoms with Crippen LogP contribution in [0.4, 0.5) is 0 Å². The van der Waals surface area contributed by atoms with Gasteiger partial charge in [-0.1, -0.05) is 11.6 Å². The van der Waals surface area contributed by atoms with E-state index in [9.17, 15) is 10.1 Å². The Labute approximate surface area is 139 Å². The molecule has 23 heavy (non-hydrogen) atoms. The number of halogens is 1. The van der Waals surface area contributed by atoms with E-state index < -0.39 is 0 Å². The molecule has 2 aromatic rings. The Morgan fingerprint density at radius 1 is 1.13 bits per heavy atom. The van der Waals surface area contributed by atoms with Crippen LogP contribution in [0.2, 0.25) is 5.02 Å². The highest BCUT2D eigenvalue weighted by molar-refractivity contribution is 6.30. The van der Waals surface area contributed by atoms with Gasteiger partial charge < -0.3 is 9.47 Å². The van der Waals surface area contributed by atoms with Crippen LogP contribution in [0, 0.1) is 11.3 Å². The second-order valence-corrected chi connectivity index (χ2v) is 5.05. The Kier molecular flexibility index (Phi) is 5.40. The van der Waals surface area contributed by atoms with Gasteiger partial charge in [0.1, 0.15) is 23.1 Å². The first-order valence-corrected chi connectivity index (χ1v) is 7.11. The minimum absolute atomic E-state index is 0.00999. The van der Waals surface area contributed by atoms with Gasteiger partial charge in [-0.15, -0.1) is 0 Å². The molecule has 2 aromatic carbocycles. The minimum atomic E-state index is -0.373. The lowest BCUT2D eigenvalue weighted by atomic mass is 10.0. The van der Waals surface area contributed by atoms with Crippen LogP contribution in [0.3, 0.4) is 0 Å². The Morgan fingerprint density at radius 3 is 2.39 bits per heavy atom. The second-order valence-electron chi connectivity index (χ2n) is 4.61. The standard InChI is InChI=1S/C18H14ClNO3/c1-22-16-8-5-13(17(10-16)23-2)9-14(11-20)18(21)12-3-6-15(19)7-4-12/h3-10H,1-2H3/b14-9+. The number of carbonyl (C=O) groups is 1. The largest absolute Gasteiger partial charge is 0.497 e. The fraction of sp³-hybridized carbons (Fsp3) is 0.111. The number of methoxy groups -OCH3 is 2. The maximum atomic E-state index is 12.4. The number of hydrogen-bond donors (Lipinski definition) is 0. The molecule has 0 heterocycles. The maximum Gasteiger partial charge on any atom is 0.203 e. The molecule has 0 saturated carbocycles. The highest BCUT2D eigenvalue weighted by Gasteiger charge is 2.13. The average molecular weight is 328 g/mol. The van der Waals surface area contributed by atoms with E-state index in [-0.39, 0.29) is 11.4 Å². The van der Waals surface area contributed by atoms with Gasteiger partial charge in [-0.05, 0) is 42.5 Å². The minimum Gasteiger partial charge on any atom is -0.497 e. The lowest BCUT2D eigenvalue weighted by Crippen LogP contribution is -2.02. The highest BCUT2D eigenvalue weighted by atomic mass is 35.5. The summed E-state index contributed by atoms with van der Waals surface area (Å²) in [5.74, 6) is 0.768. The lowest BCUT2D eigenvalue weighted by Gasteiger charge is -2.08. The van der Waals surface area contributed by atoms with Crippen LogP contribution in [0.15, 0.2) is 48.0 Å². The van der Waals surface area contributed by atoms with Gasteiger partial charge in [-0.2, -0.15) is 5.26 Å². The van der Waals surface area contributed by atoms with E-state index in [2.05, 4.69) is 0 Å². The van der Waals surface area contributed by atoms with Crippen LogP contribution in [0.25, 0.3) is 6.08 Å². The summed E-state index contributed by atoms with van der Waals surface area (Å²) in [6.45, 7) is 0. The van der Waals surface area contributed by atoms with Crippen molar-refractivity contribution >= 4 is 23.5 Å². The summed E-state index contributed by atoms with van der Waals surface area (Å²) < 4.78 is 10.4. The van der Waals surface area contributed by atoms with Crippen molar-refractivity contribution in [2.24, 2.45) is 0 Å². The zero-order valence-electron chi connectivity index (χ0n) is 12.7. The fourth-order valence-corrected chi connectivity index (χ4v) is 2.12. The van der Waals surface area contributed by atoms with Crippen molar-refractivity contribution in [2.45, 2.75) is 0 Å². The fourth-order valence-electron chi connectivity index (χ4n) is 2.00. The Bertz CT molecular complexity index is 789. The van der Waals surface area contributed by atoms with E-state index in [1.54, 1.807) is 49.6 Å². The molecule has 4 nitrogen and oxygen atoms in total. The summed E-state index contributed by atoms with van der Waals surface area (Å²) in [6, 6.07) is 13.5. The van der Waals surface area contributed by atoms with Crippen LogP contribution in [0.5, 0.6) is 11.5 Å². The van der Waals surface area contributed by atoms with Gasteiger partial charge in [-0.3, -0.25) is 4.79 Å². The van der Waals surface area contributed by atoms with E-state index in [1.165, 1.54) is 13.2 Å². The number of rotatable bonds is 5. The first-order valence-electron chi connectivity index (χ1n) is 6.73. The molecule has 0 spiro atoms. The number of nitriles is 1. The molecule has 0 bridgehead atoms. The maximum absolute atomic E-state index is 12.4. The summed E-state index contributed by atoms with van der Waals surface area (Å²) in [6.07, 6.45) is 1.50. The summed E-state index contributed by atoms with van der Waals surface area (Å²) in [4.78, 5) is 12.4. The van der Waals surface area contributed by atoms with E-state index in [0.29, 0.717) is 27.6 Å². The quantitative estimate of drug-likeness (QED) is 0.470. The van der Waals surface area contributed by atoms with Crippen LogP contribution in [-0.4, -0.2) is 20.0 Å². The smallest absolute Gasteiger partial charge is 0.203 e. The van der Waals surface area contributed by atoms with Gasteiger partial charge in [0.05, 0.1) is 14.2 Å². The topological polar surface area (TPSA) is 59.3 Å². The zero-order valence-corrected chi connectivity index (χ0v) is 13.4. The molecule has 0 amide bonds. The molecule has 0 saturated heterocycles. The molecule has 116 valence electrons. The molecule has 0 fully saturated rings. The van der Waals surface area contributed by atoms with Gasteiger partial charge >= 0.3 is 0 Å². The number of nitrogens with zero attached hydrogens (tertiary/aromatic N) is 1. The van der Waals surface area contributed by atoms with Gasteiger partial charge in [-0.25, -0.2) is 0 Å². The van der Waals surface area contributed by atoms with Gasteiger partial charge in [0.15, 0.2) is 0 Å². The first kappa shape index (κ1) is 16.6. The predicted octanol–water partition coefficient (Wildman–Crippen LogP) is 4.15. The Hall–Kier alpha value is -2.77. The second kappa shape index (κ2) is 7.48. The number of allylic oxidation sites excluding steroid dienone is 1. The first-order chi connectivity index (χ1) is 11.1. The molecule has 0 aliphatic heterocycles. The molecular weight excluding hydrogens is 314 g/mol. The molecule has 0 aliphatic carbocycles. The SMILES string of the molecule is COc1ccc(/C=C(\C#N)C(=O)c2ccc(Cl)cc2)c(OC)c1. The highest BCUT2D eigenvalue weighted by Crippen LogP contribution is 2.27. The third-order valence-electron chi connectivity index (χ3n) is 3.21. The molecule has 0 N–H and O–H groups in total. The zero-order chi connectivity index (χ0) is 16.8. The molecule has 0 aliphatic rings. The Balaban J connectivity index is 2.41. The normalized spacial score (nSPS) is 10.8. The van der Waals surface area contributed by atoms with E-state index in [4.69, 9.17) is 21.1 Å². The van der Waals surface area contributed by atoms with Gasteiger partial charge in [0.2, 0.25) is 5.78 Å². The van der Waals surface area contributed by atoms with E-state index in [0.717, 1.165) is 0 Å². The van der Waals surface area contributed by atoms with Crippen LogP contribution in [-0.2, 0) is 0 Å². The van der Waals surface area contributed by atoms with Crippen molar-refractivity contribution < 1.29 is 14.3 Å². The molecule has 0 unspecified atom stereocenters. The summed E-state index contributed by atoms with van der Waals surface area (Å²) in [5, 5.41) is 9.84. The summed E-state index contributed by atoms with van der Waals surface area (Å²) >= 11 is 5.81. The predicted molar refractivity (Wildman–Crippen MR) is 88.9 cm³/mol. The van der Waals surface area contributed by atoms with Crippen molar-refractivity contribution in [1.82, 2.24) is 0 Å². The van der Waals surface area contributed by atoms with E-state index >= 15 is 0 Å². The number of ketones is 1. The third-order valence-corrected chi connectivity index (χ3v) is 3.46. The van der Waals surface area contributed by atoms with E-state index in [1.807, 2.05) is 6.07 Å². The van der Waals surface area contributed by atoms with Crippen molar-refractivity contribution in [1.29, 1.82) is 5.26 Å². The van der Waals surface area contributed by atoms with Crippen LogP contribution < -0.4 is 9.47 Å². The third kappa shape index (κ3) is 3.91. The monoisotopic (exact) mass is 327 g/mol. The summed E-state index contributed by atoms with van der Waals surface area (Å²) in [5.41, 5.74) is 1.03. The van der Waals surface area contributed by atoms with Gasteiger partial charge in [0.25, 0.3) is 0 Å². The molecule has 0 aromatic heterocycles. The number of ether oxygens (including phenoxy) is 2.